The Labute approximate surface area is 175 Å². The molecule has 1 aromatic heterocycles. The lowest BCUT2D eigenvalue weighted by Crippen LogP contribution is -2.70. The maximum Gasteiger partial charge on any atom is 0.407 e. The first-order valence-corrected chi connectivity index (χ1v) is 9.48. The SMILES string of the molecule is N#C[C@H]1CCOCC1Nc1cc[nH]c(=O)c1C(N)=[NH+]c1ccc(C(N)C(F)(F)F)cc1. The number of benzene rings is 1. The van der Waals surface area contributed by atoms with E-state index in [2.05, 4.69) is 21.4 Å². The van der Waals surface area contributed by atoms with Gasteiger partial charge < -0.3 is 20.8 Å². The van der Waals surface area contributed by atoms with Crippen molar-refractivity contribution in [1.82, 2.24) is 4.98 Å². The summed E-state index contributed by atoms with van der Waals surface area (Å²) < 4.78 is 43.7. The Morgan fingerprint density at radius 3 is 2.68 bits per heavy atom. The number of ether oxygens (including phenoxy) is 1. The molecule has 0 saturated carbocycles. The average molecular weight is 435 g/mol. The van der Waals surface area contributed by atoms with Crippen LogP contribution in [0.4, 0.5) is 24.5 Å². The molecule has 7 N–H and O–H groups in total. The summed E-state index contributed by atoms with van der Waals surface area (Å²) in [6.07, 6.45) is -2.54. The zero-order valence-corrected chi connectivity index (χ0v) is 16.4. The fourth-order valence-corrected chi connectivity index (χ4v) is 3.28. The molecule has 2 unspecified atom stereocenters. The van der Waals surface area contributed by atoms with Crippen LogP contribution in [0.5, 0.6) is 0 Å². The molecule has 2 aromatic rings. The number of H-pyrrole nitrogens is 1. The van der Waals surface area contributed by atoms with Crippen molar-refractivity contribution >= 4 is 17.2 Å². The van der Waals surface area contributed by atoms with Gasteiger partial charge >= 0.3 is 6.18 Å². The molecule has 3 rings (SSSR count). The summed E-state index contributed by atoms with van der Waals surface area (Å²) in [5.41, 5.74) is 11.6. The summed E-state index contributed by atoms with van der Waals surface area (Å²) in [4.78, 5) is 17.8. The van der Waals surface area contributed by atoms with Crippen molar-refractivity contribution in [3.8, 4) is 6.07 Å². The highest BCUT2D eigenvalue weighted by Crippen LogP contribution is 2.30. The molecular formula is C20H22F3N6O2+. The Hall–Kier alpha value is -3.36. The first-order valence-electron chi connectivity index (χ1n) is 9.48. The Kier molecular flexibility index (Phi) is 6.62. The molecule has 1 aromatic carbocycles. The lowest BCUT2D eigenvalue weighted by Gasteiger charge is -2.28. The number of alkyl halides is 3. The van der Waals surface area contributed by atoms with Gasteiger partial charge in [0.05, 0.1) is 30.3 Å². The molecule has 0 radical (unpaired) electrons. The van der Waals surface area contributed by atoms with Crippen LogP contribution in [0.3, 0.4) is 0 Å². The largest absolute Gasteiger partial charge is 0.407 e. The third-order valence-electron chi connectivity index (χ3n) is 4.99. The van der Waals surface area contributed by atoms with Crippen LogP contribution in [0.2, 0.25) is 0 Å². The van der Waals surface area contributed by atoms with Gasteiger partial charge in [0.25, 0.3) is 11.4 Å². The standard InChI is InChI=1S/C20H21F3N6O2/c21-20(22,23)17(25)11-1-3-13(4-2-11)28-18(26)16-14(5-7-27-19(16)30)29-15-10-31-8-6-12(15)9-24/h1-5,7,12,15,17H,6,8,10,25H2,(H2,26,28)(H2,27,29,30)/p+1/t12-,15?,17?/m1/s1. The Morgan fingerprint density at radius 1 is 1.32 bits per heavy atom. The van der Waals surface area contributed by atoms with E-state index >= 15 is 0 Å². The van der Waals surface area contributed by atoms with E-state index in [1.54, 1.807) is 6.07 Å². The molecule has 1 aliphatic rings. The fourth-order valence-electron chi connectivity index (χ4n) is 3.28. The Balaban J connectivity index is 1.88. The average Bonchev–Trinajstić information content (AvgIpc) is 2.73. The van der Waals surface area contributed by atoms with Gasteiger partial charge in [-0.25, -0.2) is 4.99 Å². The maximum absolute atomic E-state index is 12.8. The van der Waals surface area contributed by atoms with Gasteiger partial charge in [0.2, 0.25) is 0 Å². The van der Waals surface area contributed by atoms with E-state index in [9.17, 15) is 23.2 Å². The normalized spacial score (nSPS) is 20.7. The van der Waals surface area contributed by atoms with Crippen LogP contribution in [0.15, 0.2) is 41.3 Å². The van der Waals surface area contributed by atoms with Crippen LogP contribution in [-0.4, -0.2) is 36.3 Å². The summed E-state index contributed by atoms with van der Waals surface area (Å²) in [5.74, 6) is -0.303. The molecule has 11 heteroatoms. The topological polar surface area (TPSA) is 144 Å². The number of nitrogens with one attached hydrogen (secondary N) is 3. The molecule has 1 aliphatic heterocycles. The van der Waals surface area contributed by atoms with Crippen molar-refractivity contribution in [2.24, 2.45) is 17.4 Å². The first kappa shape index (κ1) is 22.3. The quantitative estimate of drug-likeness (QED) is 0.340. The molecule has 164 valence electrons. The number of halogens is 3. The smallest absolute Gasteiger partial charge is 0.379 e. The molecule has 0 bridgehead atoms. The van der Waals surface area contributed by atoms with Crippen LogP contribution < -0.4 is 27.3 Å². The Morgan fingerprint density at radius 2 is 2.03 bits per heavy atom. The molecule has 1 fully saturated rings. The molecule has 0 aliphatic carbocycles. The van der Waals surface area contributed by atoms with E-state index < -0.39 is 17.8 Å². The molecule has 8 nitrogen and oxygen atoms in total. The van der Waals surface area contributed by atoms with Gasteiger partial charge in [0, 0.05) is 12.8 Å². The number of anilines is 1. The van der Waals surface area contributed by atoms with Gasteiger partial charge in [0.15, 0.2) is 5.56 Å². The summed E-state index contributed by atoms with van der Waals surface area (Å²) in [6.45, 7) is 0.793. The highest BCUT2D eigenvalue weighted by atomic mass is 19.4. The second-order valence-corrected chi connectivity index (χ2v) is 7.13. The third kappa shape index (κ3) is 5.22. The number of hydrogen-bond acceptors (Lipinski definition) is 5. The first-order chi connectivity index (χ1) is 14.7. The van der Waals surface area contributed by atoms with Crippen molar-refractivity contribution in [2.75, 3.05) is 18.5 Å². The second-order valence-electron chi connectivity index (χ2n) is 7.13. The Bertz CT molecular complexity index is 1040. The molecule has 1 saturated heterocycles. The van der Waals surface area contributed by atoms with E-state index in [4.69, 9.17) is 16.2 Å². The van der Waals surface area contributed by atoms with Gasteiger partial charge in [-0.2, -0.15) is 18.4 Å². The molecule has 31 heavy (non-hydrogen) atoms. The number of nitrogen functional groups attached to an aromatic ring is 1. The molecule has 0 spiro atoms. The maximum atomic E-state index is 12.8. The van der Waals surface area contributed by atoms with Gasteiger partial charge in [-0.1, -0.05) is 12.1 Å². The lowest BCUT2D eigenvalue weighted by atomic mass is 9.96. The van der Waals surface area contributed by atoms with E-state index in [0.29, 0.717) is 31.0 Å². The second kappa shape index (κ2) is 9.20. The van der Waals surface area contributed by atoms with Gasteiger partial charge in [-0.05, 0) is 30.2 Å². The molecule has 2 heterocycles. The highest BCUT2D eigenvalue weighted by molar-refractivity contribution is 5.98. The molecule has 3 atom stereocenters. The van der Waals surface area contributed by atoms with E-state index in [0.717, 1.165) is 0 Å². The van der Waals surface area contributed by atoms with Crippen molar-refractivity contribution in [2.45, 2.75) is 24.7 Å². The zero-order valence-electron chi connectivity index (χ0n) is 16.4. The molecular weight excluding hydrogens is 413 g/mol. The summed E-state index contributed by atoms with van der Waals surface area (Å²) in [6, 6.07) is 6.67. The fraction of sp³-hybridized carbons (Fsp3) is 0.350. The predicted octanol–water partition coefficient (Wildman–Crippen LogP) is 0.395. The van der Waals surface area contributed by atoms with Crippen LogP contribution in [0, 0.1) is 17.2 Å². The van der Waals surface area contributed by atoms with Crippen molar-refractivity contribution in [3.63, 3.8) is 0 Å². The minimum Gasteiger partial charge on any atom is -0.379 e. The number of nitrogens with two attached hydrogens (primary N) is 2. The number of pyridine rings is 1. The number of hydrogen-bond donors (Lipinski definition) is 5. The number of nitriles is 1. The number of rotatable bonds is 5. The summed E-state index contributed by atoms with van der Waals surface area (Å²) in [5, 5.41) is 12.5. The van der Waals surface area contributed by atoms with Crippen molar-refractivity contribution < 1.29 is 22.9 Å². The zero-order chi connectivity index (χ0) is 22.6. The van der Waals surface area contributed by atoms with Crippen molar-refractivity contribution in [3.05, 3.63) is 58.0 Å². The van der Waals surface area contributed by atoms with E-state index in [-0.39, 0.29) is 28.9 Å². The molecule has 0 amide bonds. The van der Waals surface area contributed by atoms with Crippen LogP contribution >= 0.6 is 0 Å². The lowest BCUT2D eigenvalue weighted by molar-refractivity contribution is -0.354. The number of aromatic nitrogens is 1. The minimum absolute atomic E-state index is 0.0116. The summed E-state index contributed by atoms with van der Waals surface area (Å²) in [7, 11) is 0. The van der Waals surface area contributed by atoms with E-state index in [1.807, 2.05) is 0 Å². The monoisotopic (exact) mass is 435 g/mol. The van der Waals surface area contributed by atoms with Crippen LogP contribution in [0.25, 0.3) is 0 Å². The number of aromatic amines is 1. The van der Waals surface area contributed by atoms with Gasteiger partial charge in [0.1, 0.15) is 11.7 Å². The summed E-state index contributed by atoms with van der Waals surface area (Å²) >= 11 is 0. The minimum atomic E-state index is -4.55. The number of nitrogens with zero attached hydrogens (tertiary/aromatic N) is 1. The van der Waals surface area contributed by atoms with E-state index in [1.165, 1.54) is 30.5 Å². The predicted molar refractivity (Wildman–Crippen MR) is 107 cm³/mol. The van der Waals surface area contributed by atoms with Gasteiger partial charge in [-0.15, -0.1) is 0 Å². The van der Waals surface area contributed by atoms with Crippen LogP contribution in [-0.2, 0) is 4.74 Å². The third-order valence-corrected chi connectivity index (χ3v) is 4.99. The number of amidine groups is 1. The van der Waals surface area contributed by atoms with Gasteiger partial charge in [-0.3, -0.25) is 10.5 Å². The van der Waals surface area contributed by atoms with Crippen molar-refractivity contribution in [1.29, 1.82) is 5.26 Å². The highest BCUT2D eigenvalue weighted by Gasteiger charge is 2.37. The van der Waals surface area contributed by atoms with Crippen LogP contribution in [0.1, 0.15) is 23.6 Å².